The summed E-state index contributed by atoms with van der Waals surface area (Å²) in [5, 5.41) is 0. The molecule has 0 saturated heterocycles. The summed E-state index contributed by atoms with van der Waals surface area (Å²) in [6, 6.07) is 6.14. The summed E-state index contributed by atoms with van der Waals surface area (Å²) in [6.07, 6.45) is 0. The van der Waals surface area contributed by atoms with Crippen LogP contribution in [0.4, 0.5) is 0 Å². The second-order valence-corrected chi connectivity index (χ2v) is 4.89. The summed E-state index contributed by atoms with van der Waals surface area (Å²) in [5.74, 6) is 0.934. The molecule has 4 heteroatoms. The van der Waals surface area contributed by atoms with Crippen molar-refractivity contribution in [1.82, 2.24) is 9.80 Å². The zero-order valence-electron chi connectivity index (χ0n) is 11.9. The lowest BCUT2D eigenvalue weighted by Crippen LogP contribution is -2.28. The second-order valence-electron chi connectivity index (χ2n) is 4.89. The minimum Gasteiger partial charge on any atom is -0.496 e. The van der Waals surface area contributed by atoms with Crippen molar-refractivity contribution in [2.75, 3.05) is 41.3 Å². The van der Waals surface area contributed by atoms with Gasteiger partial charge in [-0.25, -0.2) is 0 Å². The average molecular weight is 251 g/mol. The number of nitrogens with two attached hydrogens (primary N) is 1. The number of methoxy groups -OCH3 is 1. The summed E-state index contributed by atoms with van der Waals surface area (Å²) in [4.78, 5) is 4.47. The quantitative estimate of drug-likeness (QED) is 0.789. The molecule has 0 aliphatic heterocycles. The first-order valence-electron chi connectivity index (χ1n) is 6.26. The molecule has 1 aromatic carbocycles. The maximum atomic E-state index is 5.68. The van der Waals surface area contributed by atoms with E-state index in [-0.39, 0.29) is 0 Å². The standard InChI is InChI=1S/C14H25N3O/c1-16(2)7-8-17(3)11-13-9-12(10-15)5-6-14(13)18-4/h5-6,9H,7-8,10-11,15H2,1-4H3. The fraction of sp³-hybridized carbons (Fsp3) is 0.571. The number of ether oxygens (including phenoxy) is 1. The number of benzene rings is 1. The number of hydrogen-bond acceptors (Lipinski definition) is 4. The highest BCUT2D eigenvalue weighted by molar-refractivity contribution is 5.37. The van der Waals surface area contributed by atoms with Crippen LogP contribution in [0.3, 0.4) is 0 Å². The Morgan fingerprint density at radius 3 is 2.44 bits per heavy atom. The lowest BCUT2D eigenvalue weighted by Gasteiger charge is -2.21. The predicted octanol–water partition coefficient (Wildman–Crippen LogP) is 1.15. The molecule has 0 aliphatic rings. The van der Waals surface area contributed by atoms with E-state index in [9.17, 15) is 0 Å². The number of likely N-dealkylation sites (N-methyl/N-ethyl adjacent to an activating group) is 2. The molecule has 1 aromatic rings. The van der Waals surface area contributed by atoms with Gasteiger partial charge in [-0.15, -0.1) is 0 Å². The van der Waals surface area contributed by atoms with Gasteiger partial charge in [0.1, 0.15) is 5.75 Å². The van der Waals surface area contributed by atoms with Crippen molar-refractivity contribution in [3.8, 4) is 5.75 Å². The molecule has 1 rings (SSSR count). The van der Waals surface area contributed by atoms with Gasteiger partial charge in [0.15, 0.2) is 0 Å². The van der Waals surface area contributed by atoms with Crippen molar-refractivity contribution in [2.45, 2.75) is 13.1 Å². The molecule has 102 valence electrons. The maximum Gasteiger partial charge on any atom is 0.123 e. The number of nitrogens with zero attached hydrogens (tertiary/aromatic N) is 2. The molecule has 0 aromatic heterocycles. The molecule has 0 spiro atoms. The van der Waals surface area contributed by atoms with Crippen molar-refractivity contribution < 1.29 is 4.74 Å². The lowest BCUT2D eigenvalue weighted by atomic mass is 10.1. The molecule has 2 N–H and O–H groups in total. The van der Waals surface area contributed by atoms with Crippen LogP contribution in [0.25, 0.3) is 0 Å². The van der Waals surface area contributed by atoms with Gasteiger partial charge in [-0.1, -0.05) is 6.07 Å². The van der Waals surface area contributed by atoms with E-state index in [0.717, 1.165) is 30.9 Å². The van der Waals surface area contributed by atoms with Crippen LogP contribution in [0.5, 0.6) is 5.75 Å². The molecule has 0 amide bonds. The highest BCUT2D eigenvalue weighted by Crippen LogP contribution is 2.21. The summed E-state index contributed by atoms with van der Waals surface area (Å²) >= 11 is 0. The van der Waals surface area contributed by atoms with Crippen molar-refractivity contribution >= 4 is 0 Å². The minimum atomic E-state index is 0.568. The molecule has 0 saturated carbocycles. The van der Waals surface area contributed by atoms with Crippen LogP contribution in [-0.4, -0.2) is 51.1 Å². The third-order valence-electron chi connectivity index (χ3n) is 2.95. The van der Waals surface area contributed by atoms with E-state index in [2.05, 4.69) is 37.0 Å². The highest BCUT2D eigenvalue weighted by Gasteiger charge is 2.07. The first-order valence-corrected chi connectivity index (χ1v) is 6.26. The Kier molecular flexibility index (Phi) is 6.12. The lowest BCUT2D eigenvalue weighted by molar-refractivity contribution is 0.272. The molecular weight excluding hydrogens is 226 g/mol. The largest absolute Gasteiger partial charge is 0.496 e. The molecule has 0 radical (unpaired) electrons. The van der Waals surface area contributed by atoms with Crippen LogP contribution >= 0.6 is 0 Å². The molecule has 0 heterocycles. The Morgan fingerprint density at radius 1 is 1.17 bits per heavy atom. The van der Waals surface area contributed by atoms with Gasteiger partial charge in [0.2, 0.25) is 0 Å². The fourth-order valence-corrected chi connectivity index (χ4v) is 1.82. The van der Waals surface area contributed by atoms with E-state index in [1.807, 2.05) is 12.1 Å². The van der Waals surface area contributed by atoms with Crippen molar-refractivity contribution in [3.63, 3.8) is 0 Å². The molecule has 0 fully saturated rings. The molecule has 0 aliphatic carbocycles. The average Bonchev–Trinajstić information content (AvgIpc) is 2.36. The molecule has 0 atom stereocenters. The summed E-state index contributed by atoms with van der Waals surface area (Å²) in [6.45, 7) is 3.53. The third kappa shape index (κ3) is 4.64. The topological polar surface area (TPSA) is 41.7 Å². The zero-order valence-corrected chi connectivity index (χ0v) is 11.9. The van der Waals surface area contributed by atoms with Gasteiger partial charge in [0.25, 0.3) is 0 Å². The van der Waals surface area contributed by atoms with E-state index in [1.165, 1.54) is 5.56 Å². The molecule has 0 bridgehead atoms. The van der Waals surface area contributed by atoms with Crippen molar-refractivity contribution in [2.24, 2.45) is 5.73 Å². The van der Waals surface area contributed by atoms with E-state index in [1.54, 1.807) is 7.11 Å². The van der Waals surface area contributed by atoms with Crippen LogP contribution in [0, 0.1) is 0 Å². The van der Waals surface area contributed by atoms with Gasteiger partial charge < -0.3 is 20.3 Å². The van der Waals surface area contributed by atoms with E-state index in [0.29, 0.717) is 6.54 Å². The Balaban J connectivity index is 2.69. The number of hydrogen-bond donors (Lipinski definition) is 1. The van der Waals surface area contributed by atoms with Gasteiger partial charge in [-0.3, -0.25) is 0 Å². The van der Waals surface area contributed by atoms with Gasteiger partial charge in [0.05, 0.1) is 7.11 Å². The maximum absolute atomic E-state index is 5.68. The first kappa shape index (κ1) is 15.0. The zero-order chi connectivity index (χ0) is 13.5. The molecule has 0 unspecified atom stereocenters. The van der Waals surface area contributed by atoms with Crippen LogP contribution in [0.1, 0.15) is 11.1 Å². The van der Waals surface area contributed by atoms with Gasteiger partial charge in [-0.2, -0.15) is 0 Å². The minimum absolute atomic E-state index is 0.568. The highest BCUT2D eigenvalue weighted by atomic mass is 16.5. The Bertz CT molecular complexity index is 366. The summed E-state index contributed by atoms with van der Waals surface area (Å²) < 4.78 is 5.39. The SMILES string of the molecule is COc1ccc(CN)cc1CN(C)CCN(C)C. The Hall–Kier alpha value is -1.10. The van der Waals surface area contributed by atoms with Crippen molar-refractivity contribution in [3.05, 3.63) is 29.3 Å². The molecule has 4 nitrogen and oxygen atoms in total. The molecular formula is C14H25N3O. The first-order chi connectivity index (χ1) is 8.56. The van der Waals surface area contributed by atoms with Gasteiger partial charge >= 0.3 is 0 Å². The van der Waals surface area contributed by atoms with E-state index < -0.39 is 0 Å². The monoisotopic (exact) mass is 251 g/mol. The van der Waals surface area contributed by atoms with Gasteiger partial charge in [0, 0.05) is 31.7 Å². The van der Waals surface area contributed by atoms with Gasteiger partial charge in [-0.05, 0) is 38.8 Å². The predicted molar refractivity (Wildman–Crippen MR) is 75.8 cm³/mol. The van der Waals surface area contributed by atoms with E-state index in [4.69, 9.17) is 10.5 Å². The van der Waals surface area contributed by atoms with Crippen LogP contribution in [0.2, 0.25) is 0 Å². The van der Waals surface area contributed by atoms with Crippen LogP contribution in [0.15, 0.2) is 18.2 Å². The normalized spacial score (nSPS) is 11.3. The third-order valence-corrected chi connectivity index (χ3v) is 2.95. The smallest absolute Gasteiger partial charge is 0.123 e. The molecule has 18 heavy (non-hydrogen) atoms. The number of rotatable bonds is 7. The van der Waals surface area contributed by atoms with Crippen LogP contribution < -0.4 is 10.5 Å². The summed E-state index contributed by atoms with van der Waals surface area (Å²) in [7, 11) is 8.01. The van der Waals surface area contributed by atoms with E-state index >= 15 is 0 Å². The Morgan fingerprint density at radius 2 is 1.89 bits per heavy atom. The fourth-order valence-electron chi connectivity index (χ4n) is 1.82. The van der Waals surface area contributed by atoms with Crippen LogP contribution in [-0.2, 0) is 13.1 Å². The Labute approximate surface area is 110 Å². The summed E-state index contributed by atoms with van der Waals surface area (Å²) in [5.41, 5.74) is 8.02. The van der Waals surface area contributed by atoms with Crippen molar-refractivity contribution in [1.29, 1.82) is 0 Å². The second kappa shape index (κ2) is 7.36.